The van der Waals surface area contributed by atoms with Crippen molar-refractivity contribution in [1.82, 2.24) is 0 Å². The lowest BCUT2D eigenvalue weighted by atomic mass is 9.97. The number of benzene rings is 3. The molecule has 6 rings (SSSR count). The van der Waals surface area contributed by atoms with E-state index in [1.165, 1.54) is 6.07 Å². The first kappa shape index (κ1) is 44.8. The molecule has 23 heteroatoms. The molecule has 23 nitrogen and oxygen atoms in total. The number of carbonyl (C=O) groups excluding carboxylic acids is 2. The molecule has 0 saturated carbocycles. The van der Waals surface area contributed by atoms with Crippen LogP contribution >= 0.6 is 0 Å². The molecular formula is C39H38O23. The van der Waals surface area contributed by atoms with Gasteiger partial charge in [-0.1, -0.05) is 6.07 Å². The number of carboxylic acid groups (broad SMARTS) is 1. The van der Waals surface area contributed by atoms with Crippen LogP contribution in [0.3, 0.4) is 0 Å². The maximum atomic E-state index is 14.2. The number of rotatable bonds is 13. The Labute approximate surface area is 346 Å². The summed E-state index contributed by atoms with van der Waals surface area (Å²) in [6.07, 6.45) is -19.6. The third kappa shape index (κ3) is 9.59. The van der Waals surface area contributed by atoms with E-state index in [4.69, 9.17) is 37.9 Å². The number of phenolic OH excluding ortho intramolecular Hbond substituents is 6. The van der Waals surface area contributed by atoms with Gasteiger partial charge in [0.1, 0.15) is 72.1 Å². The minimum Gasteiger partial charge on any atom is -0.508 e. The zero-order valence-corrected chi connectivity index (χ0v) is 31.5. The van der Waals surface area contributed by atoms with Crippen LogP contribution in [0.2, 0.25) is 0 Å². The number of aliphatic hydroxyl groups excluding tert-OH is 5. The summed E-state index contributed by atoms with van der Waals surface area (Å²) in [6.45, 7) is -1.93. The fourth-order valence-corrected chi connectivity index (χ4v) is 6.41. The van der Waals surface area contributed by atoms with E-state index in [2.05, 4.69) is 0 Å². The molecule has 1 aromatic heterocycles. The van der Waals surface area contributed by atoms with E-state index in [1.807, 2.05) is 0 Å². The van der Waals surface area contributed by atoms with E-state index in [0.29, 0.717) is 0 Å². The lowest BCUT2D eigenvalue weighted by Gasteiger charge is -2.46. The standard InChI is InChI=1S/C39H38O23/c40-12-23-29(51)32(54)36(60-26(49)6-2-14-1-4-17(42)19(44)7-14)38(58-23)62-37-33(55)30(52)24(13-56-27(50)11-25(47)48)59-39(37)61-35-31(53)28-21(46)9-16(41)10-22(28)57-34(35)15-3-5-18(43)20(45)8-15/h1-10,23-24,29-30,32-33,36-46,51-52,54-55H,11-13H2,(H,47,48). The Morgan fingerprint density at radius 1 is 0.726 bits per heavy atom. The fourth-order valence-electron chi connectivity index (χ4n) is 6.41. The Balaban J connectivity index is 1.41. The second kappa shape index (κ2) is 18.5. The number of aliphatic carboxylic acids is 1. The normalized spacial score (nSPS) is 26.3. The van der Waals surface area contributed by atoms with E-state index in [-0.39, 0.29) is 11.1 Å². The van der Waals surface area contributed by atoms with E-state index in [9.17, 15) is 75.3 Å². The number of aromatic hydroxyl groups is 6. The van der Waals surface area contributed by atoms with Gasteiger partial charge in [-0.05, 0) is 42.0 Å². The van der Waals surface area contributed by atoms with Gasteiger partial charge in [0.25, 0.3) is 0 Å². The van der Waals surface area contributed by atoms with Gasteiger partial charge in [-0.2, -0.15) is 0 Å². The summed E-state index contributed by atoms with van der Waals surface area (Å²) in [6, 6.07) is 8.30. The van der Waals surface area contributed by atoms with Crippen LogP contribution < -0.4 is 10.2 Å². The molecule has 0 bridgehead atoms. The number of aliphatic hydroxyl groups is 5. The van der Waals surface area contributed by atoms with Crippen LogP contribution in [-0.2, 0) is 38.1 Å². The van der Waals surface area contributed by atoms with Crippen LogP contribution in [0, 0.1) is 0 Å². The molecule has 3 aromatic carbocycles. The smallest absolute Gasteiger partial charge is 0.331 e. The molecule has 2 aliphatic heterocycles. The first-order valence-corrected chi connectivity index (χ1v) is 18.2. The first-order chi connectivity index (χ1) is 29.4. The molecule has 4 aromatic rings. The van der Waals surface area contributed by atoms with Crippen molar-refractivity contribution in [3.05, 3.63) is 70.4 Å². The Morgan fingerprint density at radius 3 is 2.03 bits per heavy atom. The van der Waals surface area contributed by atoms with Gasteiger partial charge in [-0.25, -0.2) is 4.79 Å². The Kier molecular flexibility index (Phi) is 13.4. The molecule has 0 amide bonds. The van der Waals surface area contributed by atoms with Crippen LogP contribution in [0.4, 0.5) is 0 Å². The van der Waals surface area contributed by atoms with E-state index in [1.54, 1.807) is 0 Å². The molecule has 62 heavy (non-hydrogen) atoms. The van der Waals surface area contributed by atoms with Crippen molar-refractivity contribution in [2.24, 2.45) is 0 Å². The average Bonchev–Trinajstić information content (AvgIpc) is 3.21. The summed E-state index contributed by atoms with van der Waals surface area (Å²) in [5.74, 6) is -9.28. The Morgan fingerprint density at radius 2 is 1.37 bits per heavy atom. The predicted octanol–water partition coefficient (Wildman–Crippen LogP) is -1.01. The minimum atomic E-state index is -2.26. The molecule has 2 saturated heterocycles. The zero-order valence-electron chi connectivity index (χ0n) is 31.5. The first-order valence-electron chi connectivity index (χ1n) is 18.2. The van der Waals surface area contributed by atoms with Crippen LogP contribution in [0.15, 0.2) is 63.8 Å². The van der Waals surface area contributed by atoms with Crippen molar-refractivity contribution >= 4 is 35.0 Å². The van der Waals surface area contributed by atoms with Crippen molar-refractivity contribution in [2.45, 2.75) is 67.8 Å². The summed E-state index contributed by atoms with van der Waals surface area (Å²) in [7, 11) is 0. The van der Waals surface area contributed by atoms with Crippen LogP contribution in [0.5, 0.6) is 40.2 Å². The molecular weight excluding hydrogens is 836 g/mol. The average molecular weight is 875 g/mol. The van der Waals surface area contributed by atoms with Crippen molar-refractivity contribution in [2.75, 3.05) is 13.2 Å². The van der Waals surface area contributed by atoms with Gasteiger partial charge in [0.2, 0.25) is 17.5 Å². The van der Waals surface area contributed by atoms with Crippen LogP contribution in [0.1, 0.15) is 12.0 Å². The summed E-state index contributed by atoms with van der Waals surface area (Å²) in [5.41, 5.74) is -1.63. The van der Waals surface area contributed by atoms with Gasteiger partial charge >= 0.3 is 17.9 Å². The minimum absolute atomic E-state index is 0.189. The molecule has 10 unspecified atom stereocenters. The van der Waals surface area contributed by atoms with Gasteiger partial charge in [-0.3, -0.25) is 14.4 Å². The van der Waals surface area contributed by atoms with Gasteiger partial charge < -0.3 is 94.1 Å². The number of phenols is 6. The highest BCUT2D eigenvalue weighted by molar-refractivity contribution is 5.90. The lowest BCUT2D eigenvalue weighted by Crippen LogP contribution is -2.65. The molecule has 0 aliphatic carbocycles. The Bertz CT molecular complexity index is 2410. The predicted molar refractivity (Wildman–Crippen MR) is 200 cm³/mol. The molecule has 0 radical (unpaired) electrons. The maximum absolute atomic E-state index is 14.2. The summed E-state index contributed by atoms with van der Waals surface area (Å²) in [5, 5.41) is 123. The van der Waals surface area contributed by atoms with Crippen LogP contribution in [-0.4, -0.2) is 154 Å². The molecule has 332 valence electrons. The number of hydrogen-bond donors (Lipinski definition) is 12. The van der Waals surface area contributed by atoms with Crippen molar-refractivity contribution in [1.29, 1.82) is 0 Å². The summed E-state index contributed by atoms with van der Waals surface area (Å²) < 4.78 is 39.4. The van der Waals surface area contributed by atoms with E-state index in [0.717, 1.165) is 54.6 Å². The third-order valence-corrected chi connectivity index (χ3v) is 9.52. The highest BCUT2D eigenvalue weighted by Crippen LogP contribution is 2.40. The third-order valence-electron chi connectivity index (χ3n) is 9.52. The van der Waals surface area contributed by atoms with Crippen molar-refractivity contribution < 1.29 is 109 Å². The Hall–Kier alpha value is -6.70. The summed E-state index contributed by atoms with van der Waals surface area (Å²) in [4.78, 5) is 50.4. The van der Waals surface area contributed by atoms with Crippen molar-refractivity contribution in [3.8, 4) is 51.6 Å². The van der Waals surface area contributed by atoms with Crippen molar-refractivity contribution in [3.63, 3.8) is 0 Å². The topological polar surface area (TPSA) is 380 Å². The summed E-state index contributed by atoms with van der Waals surface area (Å²) >= 11 is 0. The monoisotopic (exact) mass is 874 g/mol. The van der Waals surface area contributed by atoms with Gasteiger partial charge in [0, 0.05) is 23.8 Å². The second-order valence-corrected chi connectivity index (χ2v) is 13.8. The second-order valence-electron chi connectivity index (χ2n) is 13.8. The van der Waals surface area contributed by atoms with Gasteiger partial charge in [0.15, 0.2) is 47.3 Å². The van der Waals surface area contributed by atoms with Gasteiger partial charge in [-0.15, -0.1) is 0 Å². The SMILES string of the molecule is O=C(O)CC(=O)OCC1OC(Oc2c(-c3ccc(O)c(O)c3)oc3cc(O)cc(O)c3c2=O)C(OC2OC(CO)C(O)C(O)C2OC(=O)C=Cc2ccc(O)c(O)c2)C(O)C1O. The molecule has 10 atom stereocenters. The number of fused-ring (bicyclic) bond motifs is 1. The zero-order chi connectivity index (χ0) is 45.2. The molecule has 0 spiro atoms. The van der Waals surface area contributed by atoms with Gasteiger partial charge in [0.05, 0.1) is 6.61 Å². The number of hydrogen-bond acceptors (Lipinski definition) is 22. The largest absolute Gasteiger partial charge is 0.508 e. The maximum Gasteiger partial charge on any atom is 0.331 e. The molecule has 3 heterocycles. The van der Waals surface area contributed by atoms with Crippen LogP contribution in [0.25, 0.3) is 28.4 Å². The highest BCUT2D eigenvalue weighted by Gasteiger charge is 2.53. The molecule has 2 aliphatic rings. The quantitative estimate of drug-likeness (QED) is 0.0331. The van der Waals surface area contributed by atoms with E-state index >= 15 is 0 Å². The number of carboxylic acids is 1. The number of carbonyl (C=O) groups is 3. The number of ether oxygens (including phenoxy) is 6. The van der Waals surface area contributed by atoms with E-state index < -0.39 is 161 Å². The molecule has 2 fully saturated rings. The fraction of sp³-hybridized carbons (Fsp3) is 0.333. The number of esters is 2. The highest BCUT2D eigenvalue weighted by atomic mass is 16.8. The lowest BCUT2D eigenvalue weighted by molar-refractivity contribution is -0.358. The molecule has 12 N–H and O–H groups in total.